The predicted octanol–water partition coefficient (Wildman–Crippen LogP) is 6.60. The summed E-state index contributed by atoms with van der Waals surface area (Å²) in [5.74, 6) is -0.219. The number of thiocarbonyl (C=S) groups is 1. The van der Waals surface area contributed by atoms with Crippen LogP contribution in [0.15, 0.2) is 91.1 Å². The van der Waals surface area contributed by atoms with Crippen molar-refractivity contribution in [3.63, 3.8) is 0 Å². The number of benzene rings is 1. The van der Waals surface area contributed by atoms with Gasteiger partial charge >= 0.3 is 0 Å². The van der Waals surface area contributed by atoms with E-state index in [-0.39, 0.29) is 37.7 Å². The van der Waals surface area contributed by atoms with Crippen LogP contribution in [0.25, 0.3) is 0 Å². The minimum Gasteiger partial charge on any atom is -0.494 e. The fourth-order valence-corrected chi connectivity index (χ4v) is 6.79. The number of nitrogens with zero attached hydrogens (tertiary/aromatic N) is 2. The summed E-state index contributed by atoms with van der Waals surface area (Å²) in [7, 11) is 1.90. The van der Waals surface area contributed by atoms with Crippen LogP contribution in [0.2, 0.25) is 0 Å². The number of fused-ring (bicyclic) bond motifs is 1. The van der Waals surface area contributed by atoms with E-state index >= 15 is 0 Å². The van der Waals surface area contributed by atoms with Gasteiger partial charge in [-0.25, -0.2) is 0 Å². The van der Waals surface area contributed by atoms with Crippen molar-refractivity contribution in [1.29, 1.82) is 0 Å². The Labute approximate surface area is 432 Å². The van der Waals surface area contributed by atoms with Gasteiger partial charge in [0.2, 0.25) is 0 Å². The van der Waals surface area contributed by atoms with Gasteiger partial charge in [-0.3, -0.25) is 64.2 Å². The molecular formula is C36H40N16O6S10. The summed E-state index contributed by atoms with van der Waals surface area (Å²) in [4.78, 5) is 78.6. The summed E-state index contributed by atoms with van der Waals surface area (Å²) in [5.41, 5.74) is 3.33. The highest BCUT2D eigenvalue weighted by Crippen LogP contribution is 2.14. The third kappa shape index (κ3) is 24.5. The molecule has 15 N–H and O–H groups in total. The summed E-state index contributed by atoms with van der Waals surface area (Å²) >= 11 is 43.7. The molecule has 0 radical (unpaired) electrons. The molecule has 32 heteroatoms. The third-order valence-electron chi connectivity index (χ3n) is 7.08. The van der Waals surface area contributed by atoms with E-state index in [1.807, 2.05) is 36.1 Å². The van der Waals surface area contributed by atoms with Gasteiger partial charge in [0.15, 0.2) is 42.4 Å². The number of aromatic hydroxyl groups is 1. The highest BCUT2D eigenvalue weighted by molar-refractivity contribution is 7.80. The molecule has 68 heavy (non-hydrogen) atoms. The Balaban J connectivity index is 0.000000267. The van der Waals surface area contributed by atoms with Crippen molar-refractivity contribution < 1.29 is 5.11 Å². The summed E-state index contributed by atoms with van der Waals surface area (Å²) in [6, 6.07) is 13.5. The SMILES string of the molecule is Cc1cc(=O)[nH]c(=S)[nH]1.Cc1cc(=O)[nH]c(=S)[nH]1.Cc1n[nH]c(=S)[nH]c1=O.Cn1cc[nH]c1=S.O=c1cc(O)[nH]c(=S)[nH]1.O=c1cc[nH]c(=S)[nH]1.S=C1NCc2ccccc21.S=c1[nH][nH]c(=S)s1. The summed E-state index contributed by atoms with van der Waals surface area (Å²) < 4.78 is 5.49. The van der Waals surface area contributed by atoms with Crippen LogP contribution in [0.5, 0.6) is 5.88 Å². The molecule has 1 aliphatic heterocycles. The van der Waals surface area contributed by atoms with Crippen molar-refractivity contribution in [3.8, 4) is 5.88 Å². The highest BCUT2D eigenvalue weighted by Gasteiger charge is 2.12. The van der Waals surface area contributed by atoms with E-state index in [0.29, 0.717) is 27.9 Å². The van der Waals surface area contributed by atoms with Crippen LogP contribution in [0, 0.1) is 57.3 Å². The van der Waals surface area contributed by atoms with Gasteiger partial charge in [-0.05, 0) is 124 Å². The molecule has 1 aliphatic rings. The van der Waals surface area contributed by atoms with Gasteiger partial charge in [0.05, 0.1) is 6.07 Å². The van der Waals surface area contributed by atoms with Crippen molar-refractivity contribution >= 4 is 126 Å². The number of hydrogen-bond acceptors (Lipinski definition) is 17. The molecule has 0 amide bonds. The van der Waals surface area contributed by atoms with Crippen LogP contribution in [-0.4, -0.2) is 84.9 Å². The van der Waals surface area contributed by atoms with Crippen LogP contribution >= 0.6 is 121 Å². The number of nitrogens with one attached hydrogen (secondary N) is 14. The molecule has 1 aromatic carbocycles. The second kappa shape index (κ2) is 30.2. The zero-order valence-electron chi connectivity index (χ0n) is 35.5. The quantitative estimate of drug-likeness (QED) is 0.0711. The number of rotatable bonds is 0. The Kier molecular flexibility index (Phi) is 25.7. The Hall–Kier alpha value is -6.23. The monoisotopic (exact) mass is 1110 g/mol. The molecule has 0 unspecified atom stereocenters. The largest absolute Gasteiger partial charge is 0.494 e. The van der Waals surface area contributed by atoms with Gasteiger partial charge in [0, 0.05) is 67.3 Å². The lowest BCUT2D eigenvalue weighted by atomic mass is 10.1. The number of hydrogen-bond donors (Lipinski definition) is 15. The fourth-order valence-electron chi connectivity index (χ4n) is 4.22. The van der Waals surface area contributed by atoms with Crippen LogP contribution in [0.1, 0.15) is 28.2 Å². The molecule has 0 atom stereocenters. The van der Waals surface area contributed by atoms with Crippen LogP contribution in [0.4, 0.5) is 0 Å². The van der Waals surface area contributed by atoms with Crippen molar-refractivity contribution in [2.75, 3.05) is 0 Å². The average molecular weight is 1110 g/mol. The van der Waals surface area contributed by atoms with E-state index in [4.69, 9.17) is 54.0 Å². The molecule has 0 saturated heterocycles. The Bertz CT molecular complexity index is 3400. The number of aromatic nitrogens is 15. The summed E-state index contributed by atoms with van der Waals surface area (Å²) in [5, 5.41) is 23.2. The van der Waals surface area contributed by atoms with Crippen molar-refractivity contribution in [2.24, 2.45) is 7.05 Å². The van der Waals surface area contributed by atoms with E-state index in [0.717, 1.165) is 33.8 Å². The first-order valence-corrected chi connectivity index (χ1v) is 22.9. The first-order chi connectivity index (χ1) is 32.0. The molecule has 0 saturated carbocycles. The van der Waals surface area contributed by atoms with Crippen molar-refractivity contribution in [3.05, 3.63) is 184 Å². The van der Waals surface area contributed by atoms with Crippen LogP contribution < -0.4 is 33.1 Å². The van der Waals surface area contributed by atoms with Gasteiger partial charge < -0.3 is 39.9 Å². The first-order valence-electron chi connectivity index (χ1n) is 18.4. The molecule has 22 nitrogen and oxygen atoms in total. The normalized spacial score (nSPS) is 10.1. The summed E-state index contributed by atoms with van der Waals surface area (Å²) in [6.07, 6.45) is 5.19. The Morgan fingerprint density at radius 3 is 1.49 bits per heavy atom. The number of aromatic amines is 13. The number of H-pyrrole nitrogens is 13. The van der Waals surface area contributed by atoms with Crippen LogP contribution in [0.3, 0.4) is 0 Å². The zero-order valence-corrected chi connectivity index (χ0v) is 43.7. The van der Waals surface area contributed by atoms with E-state index in [1.165, 1.54) is 46.9 Å². The molecule has 8 heterocycles. The predicted molar refractivity (Wildman–Crippen MR) is 285 cm³/mol. The molecular weight excluding hydrogens is 1070 g/mol. The molecule has 7 aromatic heterocycles. The smallest absolute Gasteiger partial charge is 0.273 e. The van der Waals surface area contributed by atoms with Gasteiger partial charge in [-0.2, -0.15) is 5.10 Å². The Morgan fingerprint density at radius 1 is 0.603 bits per heavy atom. The highest BCUT2D eigenvalue weighted by atomic mass is 32.2. The molecule has 0 spiro atoms. The lowest BCUT2D eigenvalue weighted by Gasteiger charge is -1.92. The summed E-state index contributed by atoms with van der Waals surface area (Å²) in [6.45, 7) is 6.06. The van der Waals surface area contributed by atoms with Crippen LogP contribution in [-0.2, 0) is 13.6 Å². The minimum absolute atomic E-state index is 0.125. The third-order valence-corrected chi connectivity index (χ3v) is 10.2. The van der Waals surface area contributed by atoms with Gasteiger partial charge in [0.25, 0.3) is 27.8 Å². The maximum absolute atomic E-state index is 10.6. The zero-order chi connectivity index (χ0) is 50.9. The molecule has 360 valence electrons. The van der Waals surface area contributed by atoms with Gasteiger partial charge in [0.1, 0.15) is 10.7 Å². The standard InChI is InChI=1S/C8H7NS.2C5H6N2OS.C4H5N3OS.C4H4N2O2S.C4H4N2OS.C4H6N2S.C2H2N2S3/c10-8-7-4-2-1-3-6(7)5-9-8;2*1-3-2-4(8)7-5(9)6-3;1-2-3(8)5-4(9)7-6-2;7-2-1-3(8)6-4(9)5-2;7-3-1-2-5-4(8)6-3;1-6-3-2-5-4(6)7;5-1-3-4-2(6)7-1/h1-4H,5H2,(H,9,10);2*2H,1H3,(H2,6,7,8,9);1H3,(H2,5,7,8,9);1H,(H3,5,6,7,8,9);1-2H,(H2,5,6,7,8);2-3H,1H3,(H,5,7);(H,3,5)(H,4,6). The topological polar surface area (TPSA) is 341 Å². The Morgan fingerprint density at radius 2 is 1.13 bits per heavy atom. The van der Waals surface area contributed by atoms with E-state index in [2.05, 4.69) is 149 Å². The average Bonchev–Trinajstić information content (AvgIpc) is 3.94. The van der Waals surface area contributed by atoms with Gasteiger partial charge in [-0.1, -0.05) is 47.8 Å². The second-order valence-corrected chi connectivity index (χ2v) is 17.7. The molecule has 0 aliphatic carbocycles. The maximum Gasteiger partial charge on any atom is 0.273 e. The lowest BCUT2D eigenvalue weighted by Crippen LogP contribution is -2.12. The maximum atomic E-state index is 10.6. The second-order valence-electron chi connectivity index (χ2n) is 12.5. The molecule has 9 rings (SSSR count). The number of imidazole rings is 1. The lowest BCUT2D eigenvalue weighted by molar-refractivity contribution is 0.450. The fraction of sp³-hybridized carbons (Fsp3) is 0.139. The van der Waals surface area contributed by atoms with E-state index < -0.39 is 5.56 Å². The number of aryl methyl sites for hydroxylation is 4. The molecule has 0 fully saturated rings. The van der Waals surface area contributed by atoms with E-state index in [1.54, 1.807) is 20.8 Å². The first kappa shape index (κ1) is 57.9. The van der Waals surface area contributed by atoms with Gasteiger partial charge in [-0.15, -0.1) is 0 Å². The molecule has 0 bridgehead atoms. The van der Waals surface area contributed by atoms with E-state index in [9.17, 15) is 24.0 Å². The van der Waals surface area contributed by atoms with Crippen molar-refractivity contribution in [1.82, 2.24) is 80.1 Å². The molecule has 8 aromatic rings. The minimum atomic E-state index is -0.406. The van der Waals surface area contributed by atoms with Crippen molar-refractivity contribution in [2.45, 2.75) is 27.3 Å².